The van der Waals surface area contributed by atoms with Crippen LogP contribution in [0.25, 0.3) is 0 Å². The van der Waals surface area contributed by atoms with Crippen molar-refractivity contribution in [3.63, 3.8) is 0 Å². The Morgan fingerprint density at radius 1 is 1.50 bits per heavy atom. The summed E-state index contributed by atoms with van der Waals surface area (Å²) in [6.45, 7) is 7.23. The predicted molar refractivity (Wildman–Crippen MR) is 53.0 cm³/mol. The molecule has 0 radical (unpaired) electrons. The fourth-order valence-electron chi connectivity index (χ4n) is 1.58. The van der Waals surface area contributed by atoms with Crippen molar-refractivity contribution in [2.24, 2.45) is 0 Å². The Balaban J connectivity index is 2.24. The van der Waals surface area contributed by atoms with E-state index in [0.29, 0.717) is 12.8 Å². The van der Waals surface area contributed by atoms with Crippen LogP contribution in [0.3, 0.4) is 0 Å². The number of nitrogens with one attached hydrogen (secondary N) is 1. The van der Waals surface area contributed by atoms with Crippen LogP contribution in [0.15, 0.2) is 0 Å². The lowest BCUT2D eigenvalue weighted by Gasteiger charge is -2.41. The predicted octanol–water partition coefficient (Wildman–Crippen LogP) is 1.42. The highest BCUT2D eigenvalue weighted by Gasteiger charge is 2.39. The van der Waals surface area contributed by atoms with Gasteiger partial charge in [0.05, 0.1) is 5.60 Å². The molecular formula is C10H19NO3. The summed E-state index contributed by atoms with van der Waals surface area (Å²) in [4.78, 5) is 11.3. The quantitative estimate of drug-likeness (QED) is 0.674. The van der Waals surface area contributed by atoms with E-state index in [9.17, 15) is 9.90 Å². The number of hydrogen-bond donors (Lipinski definition) is 2. The summed E-state index contributed by atoms with van der Waals surface area (Å²) in [5.74, 6) is 0. The number of carbonyl (C=O) groups is 1. The van der Waals surface area contributed by atoms with Gasteiger partial charge in [-0.25, -0.2) is 4.79 Å². The van der Waals surface area contributed by atoms with Gasteiger partial charge in [-0.15, -0.1) is 0 Å². The molecule has 0 saturated heterocycles. The van der Waals surface area contributed by atoms with E-state index in [2.05, 4.69) is 5.32 Å². The number of ether oxygens (including phenoxy) is 1. The molecule has 0 aliphatic heterocycles. The number of carbonyl (C=O) groups excluding carboxylic acids is 1. The highest BCUT2D eigenvalue weighted by molar-refractivity contribution is 5.68. The first-order valence-electron chi connectivity index (χ1n) is 4.90. The first-order chi connectivity index (χ1) is 6.18. The number of rotatable bonds is 1. The summed E-state index contributed by atoms with van der Waals surface area (Å²) >= 11 is 0. The second-order valence-corrected chi connectivity index (χ2v) is 5.25. The van der Waals surface area contributed by atoms with Crippen LogP contribution in [0.5, 0.6) is 0 Å². The molecule has 0 heterocycles. The third-order valence-corrected chi connectivity index (χ3v) is 2.09. The molecule has 2 N–H and O–H groups in total. The molecule has 0 aromatic carbocycles. The zero-order valence-electron chi connectivity index (χ0n) is 9.26. The maximum atomic E-state index is 11.3. The Kier molecular flexibility index (Phi) is 2.76. The molecule has 14 heavy (non-hydrogen) atoms. The fraction of sp³-hybridized carbons (Fsp3) is 0.900. The highest BCUT2D eigenvalue weighted by Crippen LogP contribution is 2.31. The lowest BCUT2D eigenvalue weighted by atomic mass is 9.77. The molecule has 0 spiro atoms. The van der Waals surface area contributed by atoms with Crippen LogP contribution in [0.1, 0.15) is 40.5 Å². The third kappa shape index (κ3) is 3.54. The second-order valence-electron chi connectivity index (χ2n) is 5.25. The number of aliphatic hydroxyl groups is 1. The van der Waals surface area contributed by atoms with Crippen molar-refractivity contribution in [3.8, 4) is 0 Å². The van der Waals surface area contributed by atoms with Crippen LogP contribution in [0, 0.1) is 0 Å². The van der Waals surface area contributed by atoms with Gasteiger partial charge in [0.2, 0.25) is 0 Å². The van der Waals surface area contributed by atoms with Gasteiger partial charge in [-0.3, -0.25) is 0 Å². The summed E-state index contributed by atoms with van der Waals surface area (Å²) < 4.78 is 5.08. The molecule has 4 nitrogen and oxygen atoms in total. The largest absolute Gasteiger partial charge is 0.444 e. The Morgan fingerprint density at radius 2 is 2.00 bits per heavy atom. The SMILES string of the molecule is CC(C)(C)OC(=O)N[C@H]1C[C@@](C)(O)C1. The minimum Gasteiger partial charge on any atom is -0.444 e. The summed E-state index contributed by atoms with van der Waals surface area (Å²) in [6.07, 6.45) is 0.802. The van der Waals surface area contributed by atoms with E-state index < -0.39 is 17.3 Å². The van der Waals surface area contributed by atoms with Gasteiger partial charge < -0.3 is 15.2 Å². The normalized spacial score (nSPS) is 31.9. The highest BCUT2D eigenvalue weighted by atomic mass is 16.6. The van der Waals surface area contributed by atoms with E-state index in [1.807, 2.05) is 20.8 Å². The molecule has 1 fully saturated rings. The van der Waals surface area contributed by atoms with E-state index in [1.54, 1.807) is 6.92 Å². The van der Waals surface area contributed by atoms with Gasteiger partial charge in [-0.2, -0.15) is 0 Å². The van der Waals surface area contributed by atoms with Gasteiger partial charge >= 0.3 is 6.09 Å². The monoisotopic (exact) mass is 201 g/mol. The average molecular weight is 201 g/mol. The van der Waals surface area contributed by atoms with Gasteiger partial charge in [0.1, 0.15) is 5.60 Å². The Labute approximate surface area is 84.6 Å². The van der Waals surface area contributed by atoms with Crippen molar-refractivity contribution in [1.29, 1.82) is 0 Å². The molecule has 82 valence electrons. The van der Waals surface area contributed by atoms with E-state index in [-0.39, 0.29) is 6.04 Å². The van der Waals surface area contributed by atoms with Crippen LogP contribution < -0.4 is 5.32 Å². The molecule has 1 aliphatic carbocycles. The van der Waals surface area contributed by atoms with Gasteiger partial charge in [0.25, 0.3) is 0 Å². The maximum Gasteiger partial charge on any atom is 0.407 e. The molecule has 0 unspecified atom stereocenters. The maximum absolute atomic E-state index is 11.3. The standard InChI is InChI=1S/C10H19NO3/c1-9(2,3)14-8(12)11-7-5-10(4,13)6-7/h7,13H,5-6H2,1-4H3,(H,11,12)/t7-,10+. The molecule has 0 atom stereocenters. The van der Waals surface area contributed by atoms with Crippen molar-refractivity contribution in [2.75, 3.05) is 0 Å². The molecule has 0 aromatic heterocycles. The Bertz CT molecular complexity index is 222. The van der Waals surface area contributed by atoms with E-state index in [0.717, 1.165) is 0 Å². The van der Waals surface area contributed by atoms with Gasteiger partial charge in [-0.05, 0) is 40.5 Å². The topological polar surface area (TPSA) is 58.6 Å². The molecule has 1 amide bonds. The van der Waals surface area contributed by atoms with E-state index in [1.165, 1.54) is 0 Å². The van der Waals surface area contributed by atoms with Crippen LogP contribution >= 0.6 is 0 Å². The van der Waals surface area contributed by atoms with E-state index >= 15 is 0 Å². The Morgan fingerprint density at radius 3 is 2.36 bits per heavy atom. The van der Waals surface area contributed by atoms with Crippen LogP contribution in [0.4, 0.5) is 4.79 Å². The van der Waals surface area contributed by atoms with Crippen molar-refractivity contribution in [1.82, 2.24) is 5.32 Å². The average Bonchev–Trinajstić information content (AvgIpc) is 1.76. The van der Waals surface area contributed by atoms with Crippen molar-refractivity contribution in [3.05, 3.63) is 0 Å². The zero-order chi connectivity index (χ0) is 11.0. The minimum atomic E-state index is -0.611. The first-order valence-corrected chi connectivity index (χ1v) is 4.90. The number of hydrogen-bond acceptors (Lipinski definition) is 3. The molecule has 1 aliphatic rings. The van der Waals surface area contributed by atoms with Crippen LogP contribution in [0.2, 0.25) is 0 Å². The van der Waals surface area contributed by atoms with Crippen LogP contribution in [-0.4, -0.2) is 28.4 Å². The minimum absolute atomic E-state index is 0.0554. The molecule has 0 aromatic rings. The smallest absolute Gasteiger partial charge is 0.407 e. The second kappa shape index (κ2) is 3.42. The van der Waals surface area contributed by atoms with Gasteiger partial charge in [-0.1, -0.05) is 0 Å². The van der Waals surface area contributed by atoms with Crippen LogP contribution in [-0.2, 0) is 4.74 Å². The number of alkyl carbamates (subject to hydrolysis) is 1. The molecule has 4 heteroatoms. The van der Waals surface area contributed by atoms with Crippen molar-refractivity contribution < 1.29 is 14.6 Å². The molecule has 0 bridgehead atoms. The molecule has 1 rings (SSSR count). The van der Waals surface area contributed by atoms with Gasteiger partial charge in [0.15, 0.2) is 0 Å². The third-order valence-electron chi connectivity index (χ3n) is 2.09. The summed E-state index contributed by atoms with van der Waals surface area (Å²) in [7, 11) is 0. The number of amides is 1. The lowest BCUT2D eigenvalue weighted by molar-refractivity contribution is -0.0409. The first kappa shape index (κ1) is 11.3. The summed E-state index contributed by atoms with van der Waals surface area (Å²) in [5.41, 5.74) is -1.07. The van der Waals surface area contributed by atoms with E-state index in [4.69, 9.17) is 4.74 Å². The van der Waals surface area contributed by atoms with Crippen molar-refractivity contribution in [2.45, 2.75) is 57.8 Å². The fourth-order valence-corrected chi connectivity index (χ4v) is 1.58. The summed E-state index contributed by atoms with van der Waals surface area (Å²) in [5, 5.41) is 12.1. The Hall–Kier alpha value is -0.770. The lowest BCUT2D eigenvalue weighted by Crippen LogP contribution is -2.54. The van der Waals surface area contributed by atoms with Crippen molar-refractivity contribution >= 4 is 6.09 Å². The molecule has 1 saturated carbocycles. The molecular weight excluding hydrogens is 182 g/mol. The summed E-state index contributed by atoms with van der Waals surface area (Å²) in [6, 6.07) is 0.0554. The van der Waals surface area contributed by atoms with Gasteiger partial charge in [0, 0.05) is 6.04 Å². The zero-order valence-corrected chi connectivity index (χ0v) is 9.26.